The molecular weight excluding hydrogens is 256 g/mol. The molecule has 0 unspecified atom stereocenters. The summed E-state index contributed by atoms with van der Waals surface area (Å²) in [5.74, 6) is -1.90. The van der Waals surface area contributed by atoms with Crippen molar-refractivity contribution in [2.75, 3.05) is 6.61 Å². The van der Waals surface area contributed by atoms with Gasteiger partial charge in [0.2, 0.25) is 0 Å². The van der Waals surface area contributed by atoms with E-state index in [1.54, 1.807) is 0 Å². The average molecular weight is 268 g/mol. The fourth-order valence-corrected chi connectivity index (χ4v) is 1.22. The highest BCUT2D eigenvalue weighted by molar-refractivity contribution is 5.84. The predicted octanol–water partition coefficient (Wildman–Crippen LogP) is 0.563. The minimum Gasteiger partial charge on any atom is -0.480 e. The lowest BCUT2D eigenvalue weighted by Gasteiger charge is -2.10. The van der Waals surface area contributed by atoms with Gasteiger partial charge in [0.1, 0.15) is 6.04 Å². The molecule has 8 heteroatoms. The molecule has 1 amide bonds. The lowest BCUT2D eigenvalue weighted by molar-refractivity contribution is -0.385. The van der Waals surface area contributed by atoms with Crippen LogP contribution in [0.25, 0.3) is 0 Å². The molecule has 0 fully saturated rings. The van der Waals surface area contributed by atoms with Crippen molar-refractivity contribution in [1.82, 2.24) is 5.32 Å². The van der Waals surface area contributed by atoms with E-state index in [2.05, 4.69) is 5.32 Å². The van der Waals surface area contributed by atoms with Gasteiger partial charge in [-0.05, 0) is 13.0 Å². The average Bonchev–Trinajstić information content (AvgIpc) is 2.36. The van der Waals surface area contributed by atoms with E-state index in [0.29, 0.717) is 0 Å². The fraction of sp³-hybridized carbons (Fsp3) is 0.273. The highest BCUT2D eigenvalue weighted by Gasteiger charge is 2.17. The zero-order chi connectivity index (χ0) is 14.4. The van der Waals surface area contributed by atoms with E-state index in [1.165, 1.54) is 31.2 Å². The summed E-state index contributed by atoms with van der Waals surface area (Å²) >= 11 is 0. The number of carbonyl (C=O) groups is 2. The smallest absolute Gasteiger partial charge is 0.325 e. The number of nitrogens with one attached hydrogen (secondary N) is 1. The van der Waals surface area contributed by atoms with E-state index < -0.39 is 29.4 Å². The molecule has 0 radical (unpaired) electrons. The van der Waals surface area contributed by atoms with Gasteiger partial charge in [0.05, 0.1) is 4.92 Å². The number of hydrogen-bond acceptors (Lipinski definition) is 5. The van der Waals surface area contributed by atoms with Crippen molar-refractivity contribution in [3.8, 4) is 5.75 Å². The van der Waals surface area contributed by atoms with Crippen LogP contribution in [0.4, 0.5) is 5.69 Å². The van der Waals surface area contributed by atoms with Crippen LogP contribution >= 0.6 is 0 Å². The van der Waals surface area contributed by atoms with Crippen LogP contribution in [-0.4, -0.2) is 34.6 Å². The third-order valence-electron chi connectivity index (χ3n) is 2.17. The number of carboxylic acid groups (broad SMARTS) is 1. The summed E-state index contributed by atoms with van der Waals surface area (Å²) in [4.78, 5) is 31.9. The third kappa shape index (κ3) is 4.26. The first-order chi connectivity index (χ1) is 8.91. The molecule has 2 N–H and O–H groups in total. The van der Waals surface area contributed by atoms with Crippen molar-refractivity contribution in [2.45, 2.75) is 13.0 Å². The van der Waals surface area contributed by atoms with E-state index in [9.17, 15) is 19.7 Å². The molecule has 0 heterocycles. The fourth-order valence-electron chi connectivity index (χ4n) is 1.22. The molecule has 0 bridgehead atoms. The Morgan fingerprint density at radius 3 is 2.68 bits per heavy atom. The maximum absolute atomic E-state index is 11.3. The number of rotatable bonds is 6. The molecule has 0 saturated heterocycles. The zero-order valence-corrected chi connectivity index (χ0v) is 10.0. The first kappa shape index (κ1) is 14.4. The number of carboxylic acids is 1. The van der Waals surface area contributed by atoms with Gasteiger partial charge < -0.3 is 15.2 Å². The van der Waals surface area contributed by atoms with Crippen molar-refractivity contribution in [3.63, 3.8) is 0 Å². The molecule has 1 aromatic rings. The highest BCUT2D eigenvalue weighted by atomic mass is 16.6. The second kappa shape index (κ2) is 6.34. The van der Waals surface area contributed by atoms with Gasteiger partial charge >= 0.3 is 11.7 Å². The minimum absolute atomic E-state index is 0.0503. The second-order valence-electron chi connectivity index (χ2n) is 3.64. The molecule has 1 rings (SSSR count). The largest absolute Gasteiger partial charge is 0.480 e. The van der Waals surface area contributed by atoms with Crippen molar-refractivity contribution in [2.24, 2.45) is 0 Å². The predicted molar refractivity (Wildman–Crippen MR) is 63.8 cm³/mol. The van der Waals surface area contributed by atoms with Crippen LogP contribution in [-0.2, 0) is 9.59 Å². The van der Waals surface area contributed by atoms with Crippen LogP contribution < -0.4 is 10.1 Å². The Morgan fingerprint density at radius 1 is 1.47 bits per heavy atom. The van der Waals surface area contributed by atoms with Gasteiger partial charge in [0.25, 0.3) is 5.91 Å². The normalized spacial score (nSPS) is 11.4. The number of aliphatic carboxylic acids is 1. The lowest BCUT2D eigenvalue weighted by atomic mass is 10.3. The van der Waals surface area contributed by atoms with E-state index in [1.807, 2.05) is 0 Å². The molecule has 0 aliphatic rings. The minimum atomic E-state index is -1.18. The van der Waals surface area contributed by atoms with Crippen LogP contribution in [0.2, 0.25) is 0 Å². The standard InChI is InChI=1S/C11H12N2O6/c1-7(11(15)16)12-10(14)6-19-9-5-3-2-4-8(9)13(17)18/h2-5,7H,6H2,1H3,(H,12,14)(H,15,16)/t7-/m0/s1. The molecule has 0 spiro atoms. The Labute approximate surface area is 108 Å². The number of benzene rings is 1. The summed E-state index contributed by atoms with van der Waals surface area (Å²) in [6, 6.07) is 4.54. The second-order valence-corrected chi connectivity index (χ2v) is 3.64. The number of carbonyl (C=O) groups excluding carboxylic acids is 1. The number of para-hydroxylation sites is 2. The van der Waals surface area contributed by atoms with Gasteiger partial charge in [0, 0.05) is 6.07 Å². The molecular formula is C11H12N2O6. The molecule has 0 aliphatic carbocycles. The van der Waals surface area contributed by atoms with Gasteiger partial charge in [-0.2, -0.15) is 0 Å². The molecule has 0 aromatic heterocycles. The zero-order valence-electron chi connectivity index (χ0n) is 10.0. The summed E-state index contributed by atoms with van der Waals surface area (Å²) in [6.07, 6.45) is 0. The van der Waals surface area contributed by atoms with Gasteiger partial charge in [-0.15, -0.1) is 0 Å². The van der Waals surface area contributed by atoms with Crippen LogP contribution in [0.1, 0.15) is 6.92 Å². The van der Waals surface area contributed by atoms with Crippen LogP contribution in [0.5, 0.6) is 5.75 Å². The van der Waals surface area contributed by atoms with Gasteiger partial charge in [-0.25, -0.2) is 0 Å². The van der Waals surface area contributed by atoms with Crippen LogP contribution in [0.15, 0.2) is 24.3 Å². The number of nitro groups is 1. The summed E-state index contributed by atoms with van der Waals surface area (Å²) in [5, 5.41) is 21.4. The highest BCUT2D eigenvalue weighted by Crippen LogP contribution is 2.25. The van der Waals surface area contributed by atoms with Crippen molar-refractivity contribution < 1.29 is 24.4 Å². The molecule has 1 aromatic carbocycles. The van der Waals surface area contributed by atoms with Crippen molar-refractivity contribution >= 4 is 17.6 Å². The summed E-state index contributed by atoms with van der Waals surface area (Å²) in [7, 11) is 0. The van der Waals surface area contributed by atoms with Gasteiger partial charge in [-0.1, -0.05) is 12.1 Å². The van der Waals surface area contributed by atoms with Crippen molar-refractivity contribution in [3.05, 3.63) is 34.4 Å². The third-order valence-corrected chi connectivity index (χ3v) is 2.17. The molecule has 8 nitrogen and oxygen atoms in total. The lowest BCUT2D eigenvalue weighted by Crippen LogP contribution is -2.40. The topological polar surface area (TPSA) is 119 Å². The van der Waals surface area contributed by atoms with Crippen LogP contribution in [0.3, 0.4) is 0 Å². The Balaban J connectivity index is 2.60. The number of nitrogens with zero attached hydrogens (tertiary/aromatic N) is 1. The monoisotopic (exact) mass is 268 g/mol. The number of amides is 1. The Bertz CT molecular complexity index is 502. The maximum atomic E-state index is 11.3. The Hall–Kier alpha value is -2.64. The van der Waals surface area contributed by atoms with Gasteiger partial charge in [0.15, 0.2) is 12.4 Å². The first-order valence-electron chi connectivity index (χ1n) is 5.30. The van der Waals surface area contributed by atoms with Gasteiger partial charge in [-0.3, -0.25) is 19.7 Å². The Kier molecular flexibility index (Phi) is 4.81. The number of nitro benzene ring substituents is 1. The molecule has 19 heavy (non-hydrogen) atoms. The summed E-state index contributed by atoms with van der Waals surface area (Å²) < 4.78 is 4.99. The number of hydrogen-bond donors (Lipinski definition) is 2. The van der Waals surface area contributed by atoms with E-state index in [0.717, 1.165) is 0 Å². The van der Waals surface area contributed by atoms with Crippen LogP contribution in [0, 0.1) is 10.1 Å². The molecule has 0 saturated carbocycles. The van der Waals surface area contributed by atoms with E-state index >= 15 is 0 Å². The molecule has 1 atom stereocenters. The summed E-state index contributed by atoms with van der Waals surface area (Å²) in [6.45, 7) is 0.799. The summed E-state index contributed by atoms with van der Waals surface area (Å²) in [5.41, 5.74) is -0.262. The van der Waals surface area contributed by atoms with E-state index in [-0.39, 0.29) is 11.4 Å². The molecule has 102 valence electrons. The number of ether oxygens (including phenoxy) is 1. The van der Waals surface area contributed by atoms with E-state index in [4.69, 9.17) is 9.84 Å². The quantitative estimate of drug-likeness (QED) is 0.574. The molecule has 0 aliphatic heterocycles. The maximum Gasteiger partial charge on any atom is 0.325 e. The first-order valence-corrected chi connectivity index (χ1v) is 5.30. The Morgan fingerprint density at radius 2 is 2.11 bits per heavy atom. The SMILES string of the molecule is C[C@H](NC(=O)COc1ccccc1[N+](=O)[O-])C(=O)O. The van der Waals surface area contributed by atoms with Crippen molar-refractivity contribution in [1.29, 1.82) is 0 Å².